The molecule has 2 heterocycles. The molecule has 0 bridgehead atoms. The van der Waals surface area contributed by atoms with Crippen LogP contribution in [0.4, 0.5) is 5.69 Å². The van der Waals surface area contributed by atoms with Gasteiger partial charge in [-0.25, -0.2) is 0 Å². The topological polar surface area (TPSA) is 79.1 Å². The summed E-state index contributed by atoms with van der Waals surface area (Å²) in [5, 5.41) is 7.73. The van der Waals surface area contributed by atoms with E-state index in [1.165, 1.54) is 0 Å². The summed E-state index contributed by atoms with van der Waals surface area (Å²) in [6, 6.07) is 15.7. The quantitative estimate of drug-likeness (QED) is 0.218. The zero-order valence-electron chi connectivity index (χ0n) is 17.7. The third-order valence-corrected chi connectivity index (χ3v) is 5.24. The number of rotatable bonds is 6. The van der Waals surface area contributed by atoms with Crippen LogP contribution < -0.4 is 20.3 Å². The highest BCUT2D eigenvalue weighted by molar-refractivity contribution is 14.0. The van der Waals surface area contributed by atoms with Crippen LogP contribution in [0.2, 0.25) is 0 Å². The summed E-state index contributed by atoms with van der Waals surface area (Å²) in [6.45, 7) is 4.01. The minimum absolute atomic E-state index is 0. The molecule has 31 heavy (non-hydrogen) atoms. The third-order valence-electron chi connectivity index (χ3n) is 5.24. The maximum atomic E-state index is 12.2. The van der Waals surface area contributed by atoms with Crippen molar-refractivity contribution in [3.05, 3.63) is 59.9 Å². The summed E-state index contributed by atoms with van der Waals surface area (Å²) in [5.74, 6) is 2.33. The first-order valence-corrected chi connectivity index (χ1v) is 10.1. The number of amides is 1. The van der Waals surface area contributed by atoms with E-state index in [0.717, 1.165) is 40.2 Å². The molecule has 1 amide bonds. The number of nitrogens with zero attached hydrogens (tertiary/aromatic N) is 2. The zero-order valence-corrected chi connectivity index (χ0v) is 20.0. The smallest absolute Gasteiger partial charge is 0.265 e. The molecule has 3 aromatic rings. The van der Waals surface area contributed by atoms with Gasteiger partial charge in [-0.2, -0.15) is 0 Å². The fourth-order valence-corrected chi connectivity index (χ4v) is 3.62. The number of benzene rings is 2. The Bertz CT molecular complexity index is 1080. The summed E-state index contributed by atoms with van der Waals surface area (Å²) in [6.07, 6.45) is 0.782. The van der Waals surface area contributed by atoms with Crippen LogP contribution in [0.25, 0.3) is 11.0 Å². The number of guanidine groups is 1. The largest absolute Gasteiger partial charge is 0.482 e. The minimum Gasteiger partial charge on any atom is -0.482 e. The molecular formula is C23H27IN4O3. The number of hydrogen-bond acceptors (Lipinski definition) is 4. The fourth-order valence-electron chi connectivity index (χ4n) is 3.62. The molecule has 7 nitrogen and oxygen atoms in total. The Kier molecular flexibility index (Phi) is 7.78. The Morgan fingerprint density at radius 2 is 1.90 bits per heavy atom. The first kappa shape index (κ1) is 22.9. The summed E-state index contributed by atoms with van der Waals surface area (Å²) < 4.78 is 11.4. The lowest BCUT2D eigenvalue weighted by atomic mass is 10.1. The number of anilines is 1. The van der Waals surface area contributed by atoms with Crippen LogP contribution in [0.3, 0.4) is 0 Å². The molecule has 2 aromatic carbocycles. The zero-order chi connectivity index (χ0) is 20.9. The highest BCUT2D eigenvalue weighted by Crippen LogP contribution is 2.31. The Morgan fingerprint density at radius 1 is 1.13 bits per heavy atom. The van der Waals surface area contributed by atoms with Crippen LogP contribution in [-0.2, 0) is 11.3 Å². The first-order valence-electron chi connectivity index (χ1n) is 10.1. The number of carbonyl (C=O) groups is 1. The normalized spacial score (nSPS) is 13.4. The molecule has 4 rings (SSSR count). The number of halogens is 1. The Hall–Kier alpha value is -2.75. The van der Waals surface area contributed by atoms with E-state index in [2.05, 4.69) is 28.6 Å². The van der Waals surface area contributed by atoms with E-state index in [9.17, 15) is 4.79 Å². The van der Waals surface area contributed by atoms with Crippen molar-refractivity contribution >= 4 is 52.5 Å². The molecule has 0 atom stereocenters. The molecule has 1 aliphatic heterocycles. The van der Waals surface area contributed by atoms with E-state index in [4.69, 9.17) is 9.15 Å². The standard InChI is InChI=1S/C23H26N4O3.HI/c1-16-17-8-3-5-10-19(17)30-21(16)14-26-23(24-2)25-12-7-13-27-18-9-4-6-11-20(18)29-15-22(27)28;/h3-6,8-11H,7,12-15H2,1-2H3,(H2,24,25,26);1H. The van der Waals surface area contributed by atoms with Gasteiger partial charge in [-0.3, -0.25) is 9.79 Å². The summed E-state index contributed by atoms with van der Waals surface area (Å²) in [7, 11) is 1.74. The van der Waals surface area contributed by atoms with Gasteiger partial charge in [0.25, 0.3) is 5.91 Å². The van der Waals surface area contributed by atoms with Gasteiger partial charge in [-0.1, -0.05) is 30.3 Å². The highest BCUT2D eigenvalue weighted by atomic mass is 127. The average molecular weight is 534 g/mol. The maximum Gasteiger partial charge on any atom is 0.265 e. The van der Waals surface area contributed by atoms with Crippen molar-refractivity contribution in [3.8, 4) is 5.75 Å². The molecule has 0 spiro atoms. The molecule has 1 aliphatic rings. The molecule has 0 saturated heterocycles. The molecule has 1 aromatic heterocycles. The van der Waals surface area contributed by atoms with Crippen LogP contribution in [0.1, 0.15) is 17.7 Å². The fraction of sp³-hybridized carbons (Fsp3) is 0.304. The van der Waals surface area contributed by atoms with Gasteiger partial charge in [0.1, 0.15) is 17.1 Å². The number of fused-ring (bicyclic) bond motifs is 2. The second-order valence-electron chi connectivity index (χ2n) is 7.15. The second kappa shape index (κ2) is 10.5. The molecule has 0 aliphatic carbocycles. The molecular weight excluding hydrogens is 507 g/mol. The minimum atomic E-state index is -0.0171. The van der Waals surface area contributed by atoms with Crippen LogP contribution in [-0.4, -0.2) is 38.6 Å². The predicted octanol–water partition coefficient (Wildman–Crippen LogP) is 3.84. The highest BCUT2D eigenvalue weighted by Gasteiger charge is 2.24. The number of para-hydroxylation sites is 3. The first-order chi connectivity index (χ1) is 14.7. The van der Waals surface area contributed by atoms with Crippen molar-refractivity contribution < 1.29 is 13.9 Å². The van der Waals surface area contributed by atoms with Crippen molar-refractivity contribution in [1.29, 1.82) is 0 Å². The number of furan rings is 1. The monoisotopic (exact) mass is 534 g/mol. The van der Waals surface area contributed by atoms with E-state index < -0.39 is 0 Å². The van der Waals surface area contributed by atoms with Gasteiger partial charge in [0.15, 0.2) is 12.6 Å². The lowest BCUT2D eigenvalue weighted by Crippen LogP contribution is -2.42. The number of ether oxygens (including phenoxy) is 1. The van der Waals surface area contributed by atoms with E-state index in [0.29, 0.717) is 25.6 Å². The SMILES string of the molecule is CN=C(NCCCN1C(=O)COc2ccccc21)NCc1oc2ccccc2c1C.I. The predicted molar refractivity (Wildman–Crippen MR) is 133 cm³/mol. The summed E-state index contributed by atoms with van der Waals surface area (Å²) in [4.78, 5) is 18.3. The van der Waals surface area contributed by atoms with Crippen molar-refractivity contribution in [3.63, 3.8) is 0 Å². The van der Waals surface area contributed by atoms with Gasteiger partial charge in [-0.05, 0) is 31.5 Å². The van der Waals surface area contributed by atoms with Crippen LogP contribution >= 0.6 is 24.0 Å². The second-order valence-corrected chi connectivity index (χ2v) is 7.15. The Labute approximate surface area is 198 Å². The van der Waals surface area contributed by atoms with E-state index in [1.807, 2.05) is 42.5 Å². The lowest BCUT2D eigenvalue weighted by molar-refractivity contribution is -0.121. The number of hydrogen-bond donors (Lipinski definition) is 2. The molecule has 0 radical (unpaired) electrons. The number of aliphatic imine (C=N–C) groups is 1. The number of carbonyl (C=O) groups excluding carboxylic acids is 1. The molecule has 8 heteroatoms. The number of nitrogens with one attached hydrogen (secondary N) is 2. The van der Waals surface area contributed by atoms with Gasteiger partial charge in [0.2, 0.25) is 0 Å². The van der Waals surface area contributed by atoms with E-state index in [-0.39, 0.29) is 36.5 Å². The molecule has 0 saturated carbocycles. The third kappa shape index (κ3) is 5.12. The Morgan fingerprint density at radius 3 is 2.71 bits per heavy atom. The van der Waals surface area contributed by atoms with E-state index in [1.54, 1.807) is 11.9 Å². The molecule has 2 N–H and O–H groups in total. The van der Waals surface area contributed by atoms with Crippen LogP contribution in [0, 0.1) is 6.92 Å². The van der Waals surface area contributed by atoms with Gasteiger partial charge in [0, 0.05) is 31.1 Å². The van der Waals surface area contributed by atoms with Crippen LogP contribution in [0.5, 0.6) is 5.75 Å². The van der Waals surface area contributed by atoms with Gasteiger partial charge in [-0.15, -0.1) is 24.0 Å². The van der Waals surface area contributed by atoms with Gasteiger partial charge >= 0.3 is 0 Å². The maximum absolute atomic E-state index is 12.2. The van der Waals surface area contributed by atoms with Crippen LogP contribution in [0.15, 0.2) is 57.9 Å². The van der Waals surface area contributed by atoms with Crippen molar-refractivity contribution in [2.75, 3.05) is 31.6 Å². The van der Waals surface area contributed by atoms with Crippen molar-refractivity contribution in [1.82, 2.24) is 10.6 Å². The molecule has 164 valence electrons. The van der Waals surface area contributed by atoms with Gasteiger partial charge in [0.05, 0.1) is 12.2 Å². The van der Waals surface area contributed by atoms with E-state index >= 15 is 0 Å². The number of aryl methyl sites for hydroxylation is 1. The molecule has 0 fully saturated rings. The lowest BCUT2D eigenvalue weighted by Gasteiger charge is -2.29. The molecule has 0 unspecified atom stereocenters. The summed E-state index contributed by atoms with van der Waals surface area (Å²) >= 11 is 0. The van der Waals surface area contributed by atoms with Crippen molar-refractivity contribution in [2.45, 2.75) is 19.9 Å². The van der Waals surface area contributed by atoms with Crippen molar-refractivity contribution in [2.24, 2.45) is 4.99 Å². The van der Waals surface area contributed by atoms with Gasteiger partial charge < -0.3 is 24.7 Å². The average Bonchev–Trinajstić information content (AvgIpc) is 3.10. The summed E-state index contributed by atoms with van der Waals surface area (Å²) in [5.41, 5.74) is 2.86. The Balaban J connectivity index is 0.00000272.